The van der Waals surface area contributed by atoms with E-state index in [0.717, 1.165) is 24.1 Å². The molecular weight excluding hydrogens is 296 g/mol. The Kier molecular flexibility index (Phi) is 4.81. The summed E-state index contributed by atoms with van der Waals surface area (Å²) < 4.78 is 0. The number of hydrogen-bond acceptors (Lipinski definition) is 3. The Bertz CT molecular complexity index is 529. The zero-order valence-electron chi connectivity index (χ0n) is 13.1. The van der Waals surface area contributed by atoms with Gasteiger partial charge >= 0.3 is 0 Å². The predicted octanol–water partition coefficient (Wildman–Crippen LogP) is 3.05. The maximum atomic E-state index is 12.6. The highest BCUT2D eigenvalue weighted by Crippen LogP contribution is 2.26. The van der Waals surface area contributed by atoms with Crippen molar-refractivity contribution in [3.05, 3.63) is 22.4 Å². The summed E-state index contributed by atoms with van der Waals surface area (Å²) in [6.45, 7) is 2.91. The van der Waals surface area contributed by atoms with Crippen LogP contribution in [0.15, 0.2) is 17.5 Å². The van der Waals surface area contributed by atoms with Gasteiger partial charge in [-0.2, -0.15) is 0 Å². The van der Waals surface area contributed by atoms with Crippen molar-refractivity contribution >= 4 is 23.2 Å². The summed E-state index contributed by atoms with van der Waals surface area (Å²) in [6.07, 6.45) is 6.41. The van der Waals surface area contributed by atoms with E-state index in [4.69, 9.17) is 0 Å². The average molecular weight is 320 g/mol. The number of amides is 2. The third kappa shape index (κ3) is 3.19. The van der Waals surface area contributed by atoms with Gasteiger partial charge in [-0.25, -0.2) is 0 Å². The molecule has 2 amide bonds. The second-order valence-electron chi connectivity index (χ2n) is 6.51. The summed E-state index contributed by atoms with van der Waals surface area (Å²) in [5, 5.41) is 5.12. The summed E-state index contributed by atoms with van der Waals surface area (Å²) in [6, 6.07) is 3.71. The zero-order valence-corrected chi connectivity index (χ0v) is 13.9. The van der Waals surface area contributed by atoms with Gasteiger partial charge in [0, 0.05) is 12.6 Å². The number of carbonyl (C=O) groups is 2. The van der Waals surface area contributed by atoms with E-state index in [1.54, 1.807) is 4.90 Å². The van der Waals surface area contributed by atoms with E-state index in [0.29, 0.717) is 12.5 Å². The molecule has 2 fully saturated rings. The lowest BCUT2D eigenvalue weighted by Gasteiger charge is -2.32. The van der Waals surface area contributed by atoms with Crippen molar-refractivity contribution in [1.82, 2.24) is 10.2 Å². The third-order valence-corrected chi connectivity index (χ3v) is 5.85. The van der Waals surface area contributed by atoms with E-state index in [1.807, 2.05) is 17.5 Å². The Labute approximate surface area is 135 Å². The molecule has 0 radical (unpaired) electrons. The number of nitrogens with zero attached hydrogens (tertiary/aromatic N) is 1. The minimum absolute atomic E-state index is 0.00402. The van der Waals surface area contributed by atoms with Gasteiger partial charge in [-0.3, -0.25) is 9.59 Å². The molecule has 2 aliphatic rings. The number of hydrogen-bond donors (Lipinski definition) is 1. The highest BCUT2D eigenvalue weighted by atomic mass is 32.1. The Balaban J connectivity index is 1.64. The van der Waals surface area contributed by atoms with Crippen molar-refractivity contribution < 1.29 is 9.59 Å². The van der Waals surface area contributed by atoms with Crippen LogP contribution < -0.4 is 5.32 Å². The molecule has 1 N–H and O–H groups in total. The van der Waals surface area contributed by atoms with Crippen molar-refractivity contribution in [3.63, 3.8) is 0 Å². The van der Waals surface area contributed by atoms with Crippen LogP contribution in [0.2, 0.25) is 0 Å². The molecule has 1 aromatic rings. The zero-order chi connectivity index (χ0) is 15.5. The topological polar surface area (TPSA) is 49.4 Å². The summed E-state index contributed by atoms with van der Waals surface area (Å²) >= 11 is 1.44. The number of carbonyl (C=O) groups excluding carboxylic acids is 2. The van der Waals surface area contributed by atoms with Gasteiger partial charge in [-0.15, -0.1) is 11.3 Å². The Morgan fingerprint density at radius 1 is 1.23 bits per heavy atom. The largest absolute Gasteiger partial charge is 0.351 e. The first kappa shape index (κ1) is 15.5. The molecule has 0 aromatic carbocycles. The van der Waals surface area contributed by atoms with Gasteiger partial charge in [0.1, 0.15) is 6.04 Å². The fraction of sp³-hybridized carbons (Fsp3) is 0.647. The summed E-state index contributed by atoms with van der Waals surface area (Å²) in [7, 11) is 0. The summed E-state index contributed by atoms with van der Waals surface area (Å²) in [5.74, 6) is 0.589. The minimum atomic E-state index is -0.288. The molecule has 4 nitrogen and oxygen atoms in total. The lowest BCUT2D eigenvalue weighted by atomic mass is 9.86. The van der Waals surface area contributed by atoms with Gasteiger partial charge in [-0.1, -0.05) is 25.8 Å². The lowest BCUT2D eigenvalue weighted by Crippen LogP contribution is -2.50. The fourth-order valence-corrected chi connectivity index (χ4v) is 4.31. The molecule has 1 saturated carbocycles. The van der Waals surface area contributed by atoms with Gasteiger partial charge in [0.25, 0.3) is 5.91 Å². The number of rotatable bonds is 3. The van der Waals surface area contributed by atoms with E-state index in [-0.39, 0.29) is 23.9 Å². The molecule has 1 aliphatic carbocycles. The van der Waals surface area contributed by atoms with E-state index in [9.17, 15) is 9.59 Å². The van der Waals surface area contributed by atoms with Gasteiger partial charge in [0.05, 0.1) is 4.88 Å². The van der Waals surface area contributed by atoms with Gasteiger partial charge in [-0.05, 0) is 43.0 Å². The average Bonchev–Trinajstić information content (AvgIpc) is 3.20. The van der Waals surface area contributed by atoms with Gasteiger partial charge in [0.2, 0.25) is 5.91 Å². The molecule has 3 atom stereocenters. The SMILES string of the molecule is C[C@@H]1CCCC[C@@H]1NC(=O)[C@H]1CCCN1C(=O)c1cccs1. The normalized spacial score (nSPS) is 28.6. The predicted molar refractivity (Wildman–Crippen MR) is 87.9 cm³/mol. The highest BCUT2D eigenvalue weighted by Gasteiger charge is 2.36. The number of likely N-dealkylation sites (tertiary alicyclic amines) is 1. The highest BCUT2D eigenvalue weighted by molar-refractivity contribution is 7.12. The molecule has 0 unspecified atom stereocenters. The van der Waals surface area contributed by atoms with Crippen molar-refractivity contribution in [2.75, 3.05) is 6.54 Å². The van der Waals surface area contributed by atoms with Crippen molar-refractivity contribution in [2.45, 2.75) is 57.5 Å². The van der Waals surface area contributed by atoms with Crippen LogP contribution in [0.3, 0.4) is 0 Å². The van der Waals surface area contributed by atoms with Crippen LogP contribution in [0.25, 0.3) is 0 Å². The minimum Gasteiger partial charge on any atom is -0.351 e. The third-order valence-electron chi connectivity index (χ3n) is 4.99. The maximum Gasteiger partial charge on any atom is 0.264 e. The molecule has 1 aliphatic heterocycles. The van der Waals surface area contributed by atoms with Crippen LogP contribution in [-0.4, -0.2) is 35.3 Å². The van der Waals surface area contributed by atoms with Crippen LogP contribution in [0.5, 0.6) is 0 Å². The van der Waals surface area contributed by atoms with Crippen LogP contribution >= 0.6 is 11.3 Å². The molecule has 3 rings (SSSR count). The summed E-state index contributed by atoms with van der Waals surface area (Å²) in [5.41, 5.74) is 0. The van der Waals surface area contributed by atoms with E-state index >= 15 is 0 Å². The van der Waals surface area contributed by atoms with Crippen LogP contribution in [0, 0.1) is 5.92 Å². The monoisotopic (exact) mass is 320 g/mol. The number of thiophene rings is 1. The molecule has 1 aromatic heterocycles. The molecule has 0 spiro atoms. The van der Waals surface area contributed by atoms with Gasteiger partial charge in [0.15, 0.2) is 0 Å². The second-order valence-corrected chi connectivity index (χ2v) is 7.46. The van der Waals surface area contributed by atoms with Crippen LogP contribution in [0.1, 0.15) is 55.1 Å². The second kappa shape index (κ2) is 6.82. The molecule has 22 heavy (non-hydrogen) atoms. The van der Waals surface area contributed by atoms with Crippen molar-refractivity contribution in [2.24, 2.45) is 5.92 Å². The van der Waals surface area contributed by atoms with Crippen LogP contribution in [0.4, 0.5) is 0 Å². The van der Waals surface area contributed by atoms with Crippen molar-refractivity contribution in [1.29, 1.82) is 0 Å². The Morgan fingerprint density at radius 3 is 2.77 bits per heavy atom. The van der Waals surface area contributed by atoms with E-state index < -0.39 is 0 Å². The first-order chi connectivity index (χ1) is 10.7. The molecular formula is C17H24N2O2S. The molecule has 1 saturated heterocycles. The number of nitrogens with one attached hydrogen (secondary N) is 1. The first-order valence-electron chi connectivity index (χ1n) is 8.31. The first-order valence-corrected chi connectivity index (χ1v) is 9.19. The molecule has 0 bridgehead atoms. The Hall–Kier alpha value is -1.36. The maximum absolute atomic E-state index is 12.6. The Morgan fingerprint density at radius 2 is 2.05 bits per heavy atom. The quantitative estimate of drug-likeness (QED) is 0.930. The van der Waals surface area contributed by atoms with Crippen LogP contribution in [-0.2, 0) is 4.79 Å². The van der Waals surface area contributed by atoms with Gasteiger partial charge < -0.3 is 10.2 Å². The molecule has 2 heterocycles. The molecule has 120 valence electrons. The standard InChI is InChI=1S/C17H24N2O2S/c1-12-6-2-3-7-13(12)18-16(20)14-8-4-10-19(14)17(21)15-9-5-11-22-15/h5,9,11-14H,2-4,6-8,10H2,1H3,(H,18,20)/t12-,13+,14-/m1/s1. The summed E-state index contributed by atoms with van der Waals surface area (Å²) in [4.78, 5) is 27.7. The lowest BCUT2D eigenvalue weighted by molar-refractivity contribution is -0.126. The molecule has 5 heteroatoms. The smallest absolute Gasteiger partial charge is 0.264 e. The van der Waals surface area contributed by atoms with E-state index in [2.05, 4.69) is 12.2 Å². The fourth-order valence-electron chi connectivity index (χ4n) is 3.63. The van der Waals surface area contributed by atoms with Crippen molar-refractivity contribution in [3.8, 4) is 0 Å². The van der Waals surface area contributed by atoms with E-state index in [1.165, 1.54) is 30.6 Å².